The van der Waals surface area contributed by atoms with E-state index in [9.17, 15) is 9.59 Å². The van der Waals surface area contributed by atoms with Crippen molar-refractivity contribution in [3.63, 3.8) is 0 Å². The summed E-state index contributed by atoms with van der Waals surface area (Å²) in [6, 6.07) is 4.82. The highest BCUT2D eigenvalue weighted by Crippen LogP contribution is 2.32. The van der Waals surface area contributed by atoms with E-state index in [4.69, 9.17) is 9.47 Å². The van der Waals surface area contributed by atoms with E-state index in [1.54, 1.807) is 18.2 Å². The maximum Gasteiger partial charge on any atom is 0.251 e. The van der Waals surface area contributed by atoms with Gasteiger partial charge >= 0.3 is 0 Å². The average Bonchev–Trinajstić information content (AvgIpc) is 3.14. The largest absolute Gasteiger partial charge is 0.454 e. The zero-order chi connectivity index (χ0) is 14.7. The lowest BCUT2D eigenvalue weighted by Crippen LogP contribution is -2.32. The number of nitrogens with zero attached hydrogens (tertiary/aromatic N) is 2. The maximum atomic E-state index is 11.9. The third-order valence-electron chi connectivity index (χ3n) is 2.65. The molecule has 2 aromatic rings. The van der Waals surface area contributed by atoms with Gasteiger partial charge in [-0.1, -0.05) is 11.3 Å². The fourth-order valence-electron chi connectivity index (χ4n) is 1.69. The number of rotatable bonds is 4. The molecule has 2 N–H and O–H groups in total. The van der Waals surface area contributed by atoms with E-state index in [1.165, 1.54) is 16.8 Å². The van der Waals surface area contributed by atoms with Crippen LogP contribution in [0.15, 0.2) is 23.7 Å². The third-order valence-corrected chi connectivity index (χ3v) is 3.26. The zero-order valence-corrected chi connectivity index (χ0v) is 11.5. The number of fused-ring (bicyclic) bond motifs is 1. The molecule has 0 aliphatic carbocycles. The summed E-state index contributed by atoms with van der Waals surface area (Å²) in [5.74, 6) is 0.364. The van der Waals surface area contributed by atoms with E-state index in [0.29, 0.717) is 22.2 Å². The molecule has 0 saturated carbocycles. The van der Waals surface area contributed by atoms with E-state index in [2.05, 4.69) is 20.8 Å². The predicted molar refractivity (Wildman–Crippen MR) is 73.4 cm³/mol. The minimum absolute atomic E-state index is 0.144. The van der Waals surface area contributed by atoms with Gasteiger partial charge in [-0.25, -0.2) is 0 Å². The van der Waals surface area contributed by atoms with Crippen LogP contribution in [0.2, 0.25) is 0 Å². The van der Waals surface area contributed by atoms with Crippen LogP contribution in [0, 0.1) is 0 Å². The Labute approximate surface area is 123 Å². The molecule has 108 valence electrons. The van der Waals surface area contributed by atoms with Crippen molar-refractivity contribution >= 4 is 28.3 Å². The fourth-order valence-corrected chi connectivity index (χ4v) is 2.15. The third kappa shape index (κ3) is 3.08. The Morgan fingerprint density at radius 3 is 2.95 bits per heavy atom. The lowest BCUT2D eigenvalue weighted by Gasteiger charge is -2.05. The SMILES string of the molecule is O=C(CNC(=O)c1ccc2c(c1)OCO2)Nc1nncs1. The van der Waals surface area contributed by atoms with Gasteiger partial charge in [-0.05, 0) is 18.2 Å². The second-order valence-electron chi connectivity index (χ2n) is 4.04. The number of aromatic nitrogens is 2. The van der Waals surface area contributed by atoms with Crippen molar-refractivity contribution in [3.05, 3.63) is 29.3 Å². The number of benzene rings is 1. The van der Waals surface area contributed by atoms with Crippen LogP contribution in [0.25, 0.3) is 0 Å². The van der Waals surface area contributed by atoms with Crippen molar-refractivity contribution in [2.75, 3.05) is 18.7 Å². The number of anilines is 1. The first kappa shape index (κ1) is 13.3. The number of ether oxygens (including phenoxy) is 2. The minimum atomic E-state index is -0.374. The Balaban J connectivity index is 1.55. The van der Waals surface area contributed by atoms with Gasteiger partial charge in [0.25, 0.3) is 5.91 Å². The minimum Gasteiger partial charge on any atom is -0.454 e. The molecule has 0 atom stereocenters. The molecule has 21 heavy (non-hydrogen) atoms. The Bertz CT molecular complexity index is 674. The van der Waals surface area contributed by atoms with Gasteiger partial charge in [0.05, 0.1) is 6.54 Å². The number of carbonyl (C=O) groups excluding carboxylic acids is 2. The number of hydrogen-bond acceptors (Lipinski definition) is 7. The molecule has 3 rings (SSSR count). The molecule has 0 unspecified atom stereocenters. The number of carbonyl (C=O) groups is 2. The number of hydrogen-bond donors (Lipinski definition) is 2. The van der Waals surface area contributed by atoms with E-state index in [-0.39, 0.29) is 25.2 Å². The zero-order valence-electron chi connectivity index (χ0n) is 10.7. The fraction of sp³-hybridized carbons (Fsp3) is 0.167. The van der Waals surface area contributed by atoms with Crippen LogP contribution in [0.4, 0.5) is 5.13 Å². The monoisotopic (exact) mass is 306 g/mol. The first-order chi connectivity index (χ1) is 10.2. The van der Waals surface area contributed by atoms with Gasteiger partial charge in [-0.2, -0.15) is 0 Å². The molecular weight excluding hydrogens is 296 g/mol. The standard InChI is InChI=1S/C12H10N4O4S/c17-10(15-12-16-14-5-21-12)4-13-11(18)7-1-2-8-9(3-7)20-6-19-8/h1-3,5H,4,6H2,(H,13,18)(H,15,16,17). The second-order valence-corrected chi connectivity index (χ2v) is 4.88. The Hall–Kier alpha value is -2.68. The summed E-state index contributed by atoms with van der Waals surface area (Å²) >= 11 is 1.20. The molecule has 9 heteroatoms. The van der Waals surface area contributed by atoms with Crippen LogP contribution in [-0.4, -0.2) is 35.3 Å². The summed E-state index contributed by atoms with van der Waals surface area (Å²) in [6.45, 7) is -0.0164. The lowest BCUT2D eigenvalue weighted by atomic mass is 10.2. The summed E-state index contributed by atoms with van der Waals surface area (Å²) in [5.41, 5.74) is 1.89. The van der Waals surface area contributed by atoms with Gasteiger partial charge in [-0.15, -0.1) is 10.2 Å². The Kier molecular flexibility index (Phi) is 3.65. The molecule has 1 aromatic heterocycles. The van der Waals surface area contributed by atoms with Crippen molar-refractivity contribution in [1.82, 2.24) is 15.5 Å². The highest BCUT2D eigenvalue weighted by Gasteiger charge is 2.16. The molecule has 2 heterocycles. The van der Waals surface area contributed by atoms with Crippen LogP contribution >= 0.6 is 11.3 Å². The second kappa shape index (κ2) is 5.75. The van der Waals surface area contributed by atoms with Gasteiger partial charge < -0.3 is 14.8 Å². The molecule has 1 aromatic carbocycles. The highest BCUT2D eigenvalue weighted by molar-refractivity contribution is 7.13. The van der Waals surface area contributed by atoms with Crippen molar-refractivity contribution in [2.24, 2.45) is 0 Å². The number of nitrogens with one attached hydrogen (secondary N) is 2. The molecule has 0 saturated heterocycles. The van der Waals surface area contributed by atoms with Gasteiger partial charge in [0.2, 0.25) is 17.8 Å². The first-order valence-electron chi connectivity index (χ1n) is 5.96. The van der Waals surface area contributed by atoms with E-state index in [0.717, 1.165) is 0 Å². The summed E-state index contributed by atoms with van der Waals surface area (Å²) in [4.78, 5) is 23.5. The predicted octanol–water partition coefficient (Wildman–Crippen LogP) is 0.635. The van der Waals surface area contributed by atoms with E-state index >= 15 is 0 Å². The molecule has 0 radical (unpaired) electrons. The van der Waals surface area contributed by atoms with Crippen molar-refractivity contribution in [3.8, 4) is 11.5 Å². The maximum absolute atomic E-state index is 11.9. The van der Waals surface area contributed by atoms with Crippen molar-refractivity contribution in [2.45, 2.75) is 0 Å². The van der Waals surface area contributed by atoms with Crippen LogP contribution in [-0.2, 0) is 4.79 Å². The number of amides is 2. The summed E-state index contributed by atoms with van der Waals surface area (Å²) in [5, 5.41) is 12.7. The van der Waals surface area contributed by atoms with Crippen molar-refractivity contribution in [1.29, 1.82) is 0 Å². The molecule has 0 bridgehead atoms. The smallest absolute Gasteiger partial charge is 0.251 e. The molecule has 2 amide bonds. The molecule has 1 aliphatic heterocycles. The average molecular weight is 306 g/mol. The quantitative estimate of drug-likeness (QED) is 0.859. The summed E-state index contributed by atoms with van der Waals surface area (Å²) in [7, 11) is 0. The van der Waals surface area contributed by atoms with Gasteiger partial charge in [0.15, 0.2) is 11.5 Å². The Morgan fingerprint density at radius 2 is 2.14 bits per heavy atom. The van der Waals surface area contributed by atoms with Gasteiger partial charge in [0, 0.05) is 5.56 Å². The van der Waals surface area contributed by atoms with Crippen LogP contribution in [0.3, 0.4) is 0 Å². The topological polar surface area (TPSA) is 102 Å². The summed E-state index contributed by atoms with van der Waals surface area (Å²) in [6.07, 6.45) is 0. The van der Waals surface area contributed by atoms with Crippen LogP contribution < -0.4 is 20.1 Å². The van der Waals surface area contributed by atoms with Gasteiger partial charge in [0.1, 0.15) is 5.51 Å². The van der Waals surface area contributed by atoms with Crippen molar-refractivity contribution < 1.29 is 19.1 Å². The molecule has 8 nitrogen and oxygen atoms in total. The van der Waals surface area contributed by atoms with E-state index < -0.39 is 0 Å². The lowest BCUT2D eigenvalue weighted by molar-refractivity contribution is -0.115. The molecular formula is C12H10N4O4S. The van der Waals surface area contributed by atoms with E-state index in [1.807, 2.05) is 0 Å². The molecule has 0 spiro atoms. The molecule has 0 fully saturated rings. The first-order valence-corrected chi connectivity index (χ1v) is 6.84. The summed E-state index contributed by atoms with van der Waals surface area (Å²) < 4.78 is 10.4. The Morgan fingerprint density at radius 1 is 1.29 bits per heavy atom. The van der Waals surface area contributed by atoms with Gasteiger partial charge in [-0.3, -0.25) is 14.9 Å². The van der Waals surface area contributed by atoms with Crippen LogP contribution in [0.5, 0.6) is 11.5 Å². The normalized spacial score (nSPS) is 12.0. The molecule has 1 aliphatic rings. The van der Waals surface area contributed by atoms with Crippen LogP contribution in [0.1, 0.15) is 10.4 Å². The highest BCUT2D eigenvalue weighted by atomic mass is 32.1.